The molecule has 0 unspecified atom stereocenters. The molecule has 0 aliphatic carbocycles. The van der Waals surface area contributed by atoms with E-state index in [0.29, 0.717) is 45.4 Å². The Morgan fingerprint density at radius 3 is 2.34 bits per heavy atom. The number of carbonyl (C=O) groups excluding carboxylic acids is 2. The van der Waals surface area contributed by atoms with Gasteiger partial charge in [0.05, 0.1) is 6.61 Å². The van der Waals surface area contributed by atoms with Gasteiger partial charge in [-0.3, -0.25) is 9.59 Å². The van der Waals surface area contributed by atoms with Crippen LogP contribution >= 0.6 is 0 Å². The van der Waals surface area contributed by atoms with Crippen LogP contribution in [0.3, 0.4) is 0 Å². The number of piperidine rings is 1. The molecule has 0 saturated carbocycles. The molecule has 0 radical (unpaired) electrons. The third kappa shape index (κ3) is 6.14. The molecule has 0 spiro atoms. The van der Waals surface area contributed by atoms with Gasteiger partial charge in [0.15, 0.2) is 0 Å². The van der Waals surface area contributed by atoms with E-state index in [-0.39, 0.29) is 34.9 Å². The second kappa shape index (κ2) is 9.82. The lowest BCUT2D eigenvalue weighted by molar-refractivity contribution is -0.132. The van der Waals surface area contributed by atoms with Crippen molar-refractivity contribution in [3.63, 3.8) is 0 Å². The lowest BCUT2D eigenvalue weighted by Gasteiger charge is -2.32. The molecule has 2 amide bonds. The number of benzene rings is 2. The summed E-state index contributed by atoms with van der Waals surface area (Å²) in [6, 6.07) is 13.3. The quantitative estimate of drug-likeness (QED) is 0.623. The second-order valence-corrected chi connectivity index (χ2v) is 7.13. The summed E-state index contributed by atoms with van der Waals surface area (Å²) >= 11 is 0. The van der Waals surface area contributed by atoms with Crippen LogP contribution in [-0.4, -0.2) is 52.7 Å². The summed E-state index contributed by atoms with van der Waals surface area (Å²) in [5, 5.41) is 21.9. The maximum absolute atomic E-state index is 12.4. The van der Waals surface area contributed by atoms with Crippen LogP contribution in [0.15, 0.2) is 48.5 Å². The molecule has 2 aromatic carbocycles. The molecule has 0 atom stereocenters. The first-order chi connectivity index (χ1) is 14.0. The number of hydrogen-bond donors (Lipinski definition) is 3. The lowest BCUT2D eigenvalue weighted by Crippen LogP contribution is -2.46. The molecular weight excluding hydrogens is 372 g/mol. The normalized spacial score (nSPS) is 14.4. The molecule has 7 nitrogen and oxygen atoms in total. The number of likely N-dealkylation sites (tertiary alicyclic amines) is 1. The van der Waals surface area contributed by atoms with E-state index < -0.39 is 0 Å². The van der Waals surface area contributed by atoms with Crippen molar-refractivity contribution in [1.82, 2.24) is 10.2 Å². The zero-order chi connectivity index (χ0) is 20.6. The highest BCUT2D eigenvalue weighted by atomic mass is 16.5. The number of para-hydroxylation sites is 1. The number of carbonyl (C=O) groups is 2. The fraction of sp³-hybridized carbons (Fsp3) is 0.364. The summed E-state index contributed by atoms with van der Waals surface area (Å²) in [4.78, 5) is 26.5. The highest BCUT2D eigenvalue weighted by molar-refractivity contribution is 5.95. The minimum atomic E-state index is -0.348. The lowest BCUT2D eigenvalue weighted by atomic mass is 10.0. The molecule has 1 fully saturated rings. The summed E-state index contributed by atoms with van der Waals surface area (Å²) in [5.41, 5.74) is 0.208. The molecule has 0 bridgehead atoms. The van der Waals surface area contributed by atoms with E-state index >= 15 is 0 Å². The van der Waals surface area contributed by atoms with Crippen LogP contribution in [0.25, 0.3) is 0 Å². The first-order valence-corrected chi connectivity index (χ1v) is 9.81. The molecule has 1 aliphatic heterocycles. The van der Waals surface area contributed by atoms with Crippen LogP contribution in [0.5, 0.6) is 17.2 Å². The first kappa shape index (κ1) is 20.5. The van der Waals surface area contributed by atoms with E-state index in [9.17, 15) is 19.8 Å². The Labute approximate surface area is 169 Å². The summed E-state index contributed by atoms with van der Waals surface area (Å²) in [6.07, 6.45) is 2.43. The molecule has 29 heavy (non-hydrogen) atoms. The summed E-state index contributed by atoms with van der Waals surface area (Å²) in [6.45, 7) is 1.68. The second-order valence-electron chi connectivity index (χ2n) is 7.13. The molecule has 2 aromatic rings. The highest BCUT2D eigenvalue weighted by Gasteiger charge is 2.24. The third-order valence-corrected chi connectivity index (χ3v) is 4.89. The number of nitrogens with one attached hydrogen (secondary N) is 1. The number of aromatic hydroxyl groups is 2. The summed E-state index contributed by atoms with van der Waals surface area (Å²) in [5.74, 6) is 0.235. The molecule has 1 saturated heterocycles. The predicted molar refractivity (Wildman–Crippen MR) is 108 cm³/mol. The van der Waals surface area contributed by atoms with Gasteiger partial charge in [-0.15, -0.1) is 0 Å². The zero-order valence-corrected chi connectivity index (χ0v) is 16.2. The van der Waals surface area contributed by atoms with Crippen LogP contribution in [0.4, 0.5) is 0 Å². The van der Waals surface area contributed by atoms with Crippen LogP contribution in [0.1, 0.15) is 36.0 Å². The summed E-state index contributed by atoms with van der Waals surface area (Å²) < 4.78 is 5.61. The average Bonchev–Trinajstić information content (AvgIpc) is 2.71. The number of hydrogen-bond acceptors (Lipinski definition) is 5. The molecule has 1 heterocycles. The van der Waals surface area contributed by atoms with E-state index in [0.717, 1.165) is 5.75 Å². The van der Waals surface area contributed by atoms with Gasteiger partial charge >= 0.3 is 0 Å². The SMILES string of the molecule is O=C(NC1CCN(C(=O)CCCOc2ccccc2)CC1)c1cc(O)cc(O)c1. The molecule has 7 heteroatoms. The van der Waals surface area contributed by atoms with Crippen LogP contribution < -0.4 is 10.1 Å². The predicted octanol–water partition coefficient (Wildman–Crippen LogP) is 2.68. The minimum absolute atomic E-state index is 0.0440. The van der Waals surface area contributed by atoms with Gasteiger partial charge in [0.25, 0.3) is 5.91 Å². The third-order valence-electron chi connectivity index (χ3n) is 4.89. The van der Waals surface area contributed by atoms with Crippen molar-refractivity contribution in [2.75, 3.05) is 19.7 Å². The Balaban J connectivity index is 1.37. The van der Waals surface area contributed by atoms with E-state index in [1.54, 1.807) is 0 Å². The van der Waals surface area contributed by atoms with Crippen LogP contribution in [0.2, 0.25) is 0 Å². The number of phenolic OH excluding ortho intramolecular Hbond substituents is 2. The van der Waals surface area contributed by atoms with Gasteiger partial charge < -0.3 is 25.2 Å². The Morgan fingerprint density at radius 2 is 1.69 bits per heavy atom. The topological polar surface area (TPSA) is 99.1 Å². The molecule has 154 valence electrons. The Hall–Kier alpha value is -3.22. The first-order valence-electron chi connectivity index (χ1n) is 9.81. The average molecular weight is 398 g/mol. The maximum atomic E-state index is 12.4. The van der Waals surface area contributed by atoms with Gasteiger partial charge in [-0.1, -0.05) is 18.2 Å². The van der Waals surface area contributed by atoms with Crippen molar-refractivity contribution in [1.29, 1.82) is 0 Å². The number of rotatable bonds is 7. The van der Waals surface area contributed by atoms with Crippen molar-refractivity contribution in [3.05, 3.63) is 54.1 Å². The molecule has 3 N–H and O–H groups in total. The zero-order valence-electron chi connectivity index (χ0n) is 16.2. The monoisotopic (exact) mass is 398 g/mol. The Morgan fingerprint density at radius 1 is 1.03 bits per heavy atom. The number of amides is 2. The van der Waals surface area contributed by atoms with Gasteiger partial charge in [-0.2, -0.15) is 0 Å². The minimum Gasteiger partial charge on any atom is -0.508 e. The highest BCUT2D eigenvalue weighted by Crippen LogP contribution is 2.21. The Bertz CT molecular complexity index is 812. The van der Waals surface area contributed by atoms with Crippen LogP contribution in [-0.2, 0) is 4.79 Å². The summed E-state index contributed by atoms with van der Waals surface area (Å²) in [7, 11) is 0. The largest absolute Gasteiger partial charge is 0.508 e. The van der Waals surface area contributed by atoms with Crippen molar-refractivity contribution in [2.24, 2.45) is 0 Å². The number of nitrogens with zero attached hydrogens (tertiary/aromatic N) is 1. The molecule has 0 aromatic heterocycles. The standard InChI is InChI=1S/C22H26N2O5/c25-18-13-16(14-19(26)15-18)22(28)23-17-8-10-24(11-9-17)21(27)7-4-12-29-20-5-2-1-3-6-20/h1-3,5-6,13-15,17,25-26H,4,7-12H2,(H,23,28). The number of phenols is 2. The van der Waals surface area contributed by atoms with E-state index in [1.807, 2.05) is 35.2 Å². The van der Waals surface area contributed by atoms with E-state index in [1.165, 1.54) is 18.2 Å². The molecule has 3 rings (SSSR count). The van der Waals surface area contributed by atoms with Gasteiger partial charge in [-0.05, 0) is 43.5 Å². The fourth-order valence-electron chi connectivity index (χ4n) is 3.36. The van der Waals surface area contributed by atoms with Crippen molar-refractivity contribution in [2.45, 2.75) is 31.7 Å². The van der Waals surface area contributed by atoms with Gasteiger partial charge in [0.1, 0.15) is 17.2 Å². The van der Waals surface area contributed by atoms with E-state index in [2.05, 4.69) is 5.32 Å². The van der Waals surface area contributed by atoms with Crippen molar-refractivity contribution in [3.8, 4) is 17.2 Å². The van der Waals surface area contributed by atoms with Crippen molar-refractivity contribution >= 4 is 11.8 Å². The van der Waals surface area contributed by atoms with Gasteiger partial charge in [0, 0.05) is 37.2 Å². The number of ether oxygens (including phenoxy) is 1. The van der Waals surface area contributed by atoms with E-state index in [4.69, 9.17) is 4.74 Å². The van der Waals surface area contributed by atoms with Gasteiger partial charge in [-0.25, -0.2) is 0 Å². The van der Waals surface area contributed by atoms with Gasteiger partial charge in [0.2, 0.25) is 5.91 Å². The van der Waals surface area contributed by atoms with Crippen molar-refractivity contribution < 1.29 is 24.5 Å². The smallest absolute Gasteiger partial charge is 0.251 e. The Kier molecular flexibility index (Phi) is 6.94. The fourth-order valence-corrected chi connectivity index (χ4v) is 3.36. The maximum Gasteiger partial charge on any atom is 0.251 e. The van der Waals surface area contributed by atoms with Crippen LogP contribution in [0, 0.1) is 0 Å². The molecular formula is C22H26N2O5. The molecule has 1 aliphatic rings.